The van der Waals surface area contributed by atoms with Crippen molar-refractivity contribution in [2.75, 3.05) is 0 Å². The molecule has 1 fully saturated rings. The second kappa shape index (κ2) is 4.16. The standard InChI is InChI=1S/C12H13NO4/c1-7-8(2)12(16)13(11(7)15)5-9-3-4-10(6-14)17-9/h3-4,6-8H,5H2,1-2H3. The molecule has 2 amide bonds. The van der Waals surface area contributed by atoms with Gasteiger partial charge in [0.2, 0.25) is 11.8 Å². The quantitative estimate of drug-likeness (QED) is 0.583. The average molecular weight is 235 g/mol. The van der Waals surface area contributed by atoms with Crippen LogP contribution in [0, 0.1) is 11.8 Å². The maximum absolute atomic E-state index is 11.8. The largest absolute Gasteiger partial charge is 0.456 e. The maximum atomic E-state index is 11.8. The van der Waals surface area contributed by atoms with Gasteiger partial charge in [0, 0.05) is 11.8 Å². The highest BCUT2D eigenvalue weighted by Crippen LogP contribution is 2.27. The Morgan fingerprint density at radius 1 is 1.24 bits per heavy atom. The Morgan fingerprint density at radius 2 is 1.82 bits per heavy atom. The molecule has 2 heterocycles. The third kappa shape index (κ3) is 1.88. The number of carbonyl (C=O) groups excluding carboxylic acids is 3. The number of furan rings is 1. The van der Waals surface area contributed by atoms with E-state index in [0.717, 1.165) is 0 Å². The van der Waals surface area contributed by atoms with E-state index in [2.05, 4.69) is 0 Å². The number of amides is 2. The molecule has 0 spiro atoms. The minimum atomic E-state index is -0.289. The van der Waals surface area contributed by atoms with Crippen molar-refractivity contribution in [1.29, 1.82) is 0 Å². The molecule has 0 aromatic carbocycles. The predicted molar refractivity (Wildman–Crippen MR) is 58.0 cm³/mol. The van der Waals surface area contributed by atoms with Crippen molar-refractivity contribution >= 4 is 18.1 Å². The Hall–Kier alpha value is -1.91. The van der Waals surface area contributed by atoms with E-state index in [4.69, 9.17) is 4.42 Å². The smallest absolute Gasteiger partial charge is 0.233 e. The first-order valence-electron chi connectivity index (χ1n) is 5.43. The van der Waals surface area contributed by atoms with Crippen molar-refractivity contribution in [1.82, 2.24) is 4.90 Å². The summed E-state index contributed by atoms with van der Waals surface area (Å²) in [4.78, 5) is 35.2. The first-order chi connectivity index (χ1) is 8.04. The summed E-state index contributed by atoms with van der Waals surface area (Å²) in [6, 6.07) is 3.11. The fourth-order valence-corrected chi connectivity index (χ4v) is 1.88. The second-order valence-corrected chi connectivity index (χ2v) is 4.26. The topological polar surface area (TPSA) is 67.6 Å². The molecule has 2 atom stereocenters. The van der Waals surface area contributed by atoms with E-state index in [0.29, 0.717) is 12.0 Å². The normalized spacial score (nSPS) is 24.5. The fourth-order valence-electron chi connectivity index (χ4n) is 1.88. The van der Waals surface area contributed by atoms with Gasteiger partial charge in [0.05, 0.1) is 6.54 Å². The van der Waals surface area contributed by atoms with Crippen LogP contribution in [-0.2, 0) is 16.1 Å². The van der Waals surface area contributed by atoms with Crippen molar-refractivity contribution in [3.05, 3.63) is 23.7 Å². The molecule has 0 N–H and O–H groups in total. The second-order valence-electron chi connectivity index (χ2n) is 4.26. The molecule has 0 aliphatic carbocycles. The summed E-state index contributed by atoms with van der Waals surface area (Å²) < 4.78 is 5.15. The molecule has 1 aliphatic rings. The summed E-state index contributed by atoms with van der Waals surface area (Å²) in [5.74, 6) is -0.320. The molecule has 2 unspecified atom stereocenters. The van der Waals surface area contributed by atoms with Crippen LogP contribution in [0.25, 0.3) is 0 Å². The number of nitrogens with zero attached hydrogens (tertiary/aromatic N) is 1. The summed E-state index contributed by atoms with van der Waals surface area (Å²) in [6.45, 7) is 3.58. The van der Waals surface area contributed by atoms with Gasteiger partial charge in [0.15, 0.2) is 12.0 Å². The molecule has 1 aromatic rings. The van der Waals surface area contributed by atoms with E-state index in [1.165, 1.54) is 11.0 Å². The van der Waals surface area contributed by atoms with Gasteiger partial charge in [0.1, 0.15) is 5.76 Å². The summed E-state index contributed by atoms with van der Waals surface area (Å²) in [5, 5.41) is 0. The fraction of sp³-hybridized carbons (Fsp3) is 0.417. The van der Waals surface area contributed by atoms with E-state index >= 15 is 0 Å². The zero-order chi connectivity index (χ0) is 12.6. The van der Waals surface area contributed by atoms with E-state index in [9.17, 15) is 14.4 Å². The van der Waals surface area contributed by atoms with Gasteiger partial charge in [0.25, 0.3) is 0 Å². The molecule has 1 aliphatic heterocycles. The van der Waals surface area contributed by atoms with Crippen molar-refractivity contribution in [3.8, 4) is 0 Å². The summed E-state index contributed by atoms with van der Waals surface area (Å²) in [6.07, 6.45) is 0.586. The van der Waals surface area contributed by atoms with Crippen LogP contribution in [0.2, 0.25) is 0 Å². The van der Waals surface area contributed by atoms with Crippen LogP contribution >= 0.6 is 0 Å². The Balaban J connectivity index is 2.16. The maximum Gasteiger partial charge on any atom is 0.233 e. The lowest BCUT2D eigenvalue weighted by Crippen LogP contribution is -2.30. The van der Waals surface area contributed by atoms with E-state index in [-0.39, 0.29) is 36.0 Å². The lowest BCUT2D eigenvalue weighted by Gasteiger charge is -2.12. The van der Waals surface area contributed by atoms with Crippen molar-refractivity contribution in [2.24, 2.45) is 11.8 Å². The first-order valence-corrected chi connectivity index (χ1v) is 5.43. The van der Waals surface area contributed by atoms with Gasteiger partial charge in [-0.05, 0) is 12.1 Å². The molecule has 5 heteroatoms. The first kappa shape index (κ1) is 11.6. The van der Waals surface area contributed by atoms with Gasteiger partial charge in [-0.1, -0.05) is 13.8 Å². The lowest BCUT2D eigenvalue weighted by molar-refractivity contribution is -0.140. The molecule has 90 valence electrons. The number of hydrogen-bond acceptors (Lipinski definition) is 4. The Labute approximate surface area is 98.4 Å². The molecule has 17 heavy (non-hydrogen) atoms. The van der Waals surface area contributed by atoms with Crippen molar-refractivity contribution in [2.45, 2.75) is 20.4 Å². The van der Waals surface area contributed by atoms with Gasteiger partial charge in [-0.2, -0.15) is 0 Å². The van der Waals surface area contributed by atoms with Crippen LogP contribution in [0.4, 0.5) is 0 Å². The van der Waals surface area contributed by atoms with Crippen LogP contribution in [-0.4, -0.2) is 23.0 Å². The summed E-state index contributed by atoms with van der Waals surface area (Å²) in [5.41, 5.74) is 0. The highest BCUT2D eigenvalue weighted by Gasteiger charge is 2.42. The van der Waals surface area contributed by atoms with Crippen molar-refractivity contribution in [3.63, 3.8) is 0 Å². The minimum Gasteiger partial charge on any atom is -0.456 e. The number of aldehydes is 1. The number of likely N-dealkylation sites (tertiary alicyclic amines) is 1. The third-order valence-corrected chi connectivity index (χ3v) is 3.17. The molecule has 0 bridgehead atoms. The average Bonchev–Trinajstić information content (AvgIpc) is 2.85. The molecular formula is C12H13NO4. The zero-order valence-electron chi connectivity index (χ0n) is 9.67. The van der Waals surface area contributed by atoms with Gasteiger partial charge >= 0.3 is 0 Å². The van der Waals surface area contributed by atoms with Gasteiger partial charge in [-0.25, -0.2) is 0 Å². The van der Waals surface area contributed by atoms with Crippen LogP contribution < -0.4 is 0 Å². The van der Waals surface area contributed by atoms with Gasteiger partial charge in [-0.3, -0.25) is 19.3 Å². The van der Waals surface area contributed by atoms with Crippen LogP contribution in [0.1, 0.15) is 30.2 Å². The number of carbonyl (C=O) groups is 3. The highest BCUT2D eigenvalue weighted by molar-refractivity contribution is 6.04. The monoisotopic (exact) mass is 235 g/mol. The number of hydrogen-bond donors (Lipinski definition) is 0. The van der Waals surface area contributed by atoms with Crippen LogP contribution in [0.5, 0.6) is 0 Å². The molecule has 1 saturated heterocycles. The van der Waals surface area contributed by atoms with E-state index in [1.807, 2.05) is 0 Å². The Morgan fingerprint density at radius 3 is 2.29 bits per heavy atom. The molecular weight excluding hydrogens is 222 g/mol. The van der Waals surface area contributed by atoms with Crippen LogP contribution in [0.15, 0.2) is 16.5 Å². The van der Waals surface area contributed by atoms with E-state index in [1.54, 1.807) is 19.9 Å². The SMILES string of the molecule is CC1C(=O)N(Cc2ccc(C=O)o2)C(=O)C1C. The Bertz CT molecular complexity index is 457. The lowest BCUT2D eigenvalue weighted by atomic mass is 10.00. The zero-order valence-corrected chi connectivity index (χ0v) is 9.67. The summed E-state index contributed by atoms with van der Waals surface area (Å²) in [7, 11) is 0. The predicted octanol–water partition coefficient (Wildman–Crippen LogP) is 1.23. The van der Waals surface area contributed by atoms with Gasteiger partial charge < -0.3 is 4.42 Å². The molecule has 0 saturated carbocycles. The van der Waals surface area contributed by atoms with Gasteiger partial charge in [-0.15, -0.1) is 0 Å². The number of rotatable bonds is 3. The molecule has 0 radical (unpaired) electrons. The summed E-state index contributed by atoms with van der Waals surface area (Å²) >= 11 is 0. The molecule has 5 nitrogen and oxygen atoms in total. The number of imide groups is 1. The highest BCUT2D eigenvalue weighted by atomic mass is 16.3. The molecule has 1 aromatic heterocycles. The molecule has 2 rings (SSSR count). The van der Waals surface area contributed by atoms with Crippen molar-refractivity contribution < 1.29 is 18.8 Å². The third-order valence-electron chi connectivity index (χ3n) is 3.17. The van der Waals surface area contributed by atoms with Crippen LogP contribution in [0.3, 0.4) is 0 Å². The van der Waals surface area contributed by atoms with E-state index < -0.39 is 0 Å². The Kier molecular flexibility index (Phi) is 2.83. The minimum absolute atomic E-state index is 0.0974.